The van der Waals surface area contributed by atoms with Gasteiger partial charge in [0.05, 0.1) is 0 Å². The molecule has 0 saturated carbocycles. The van der Waals surface area contributed by atoms with Crippen LogP contribution in [0.4, 0.5) is 0 Å². The molecule has 1 atom stereocenters. The largest absolute Gasteiger partial charge is 0.135 e. The van der Waals surface area contributed by atoms with Crippen LogP contribution in [0.3, 0.4) is 0 Å². The summed E-state index contributed by atoms with van der Waals surface area (Å²) in [5, 5.41) is 1.43. The average Bonchev–Trinajstić information content (AvgIpc) is 3.14. The summed E-state index contributed by atoms with van der Waals surface area (Å²) < 4.78 is 1.42. The van der Waals surface area contributed by atoms with Crippen molar-refractivity contribution in [3.63, 3.8) is 0 Å². The first-order chi connectivity index (χ1) is 13.0. The van der Waals surface area contributed by atoms with E-state index in [4.69, 9.17) is 0 Å². The number of aryl methyl sites for hydroxylation is 3. The third kappa shape index (κ3) is 2.34. The molecule has 3 aromatic carbocycles. The Morgan fingerprint density at radius 3 is 2.19 bits per heavy atom. The molecule has 5 rings (SSSR count). The van der Waals surface area contributed by atoms with E-state index in [-0.39, 0.29) is 0 Å². The van der Waals surface area contributed by atoms with Crippen LogP contribution in [0.15, 0.2) is 48.5 Å². The Kier molecular flexibility index (Phi) is 3.61. The van der Waals surface area contributed by atoms with Gasteiger partial charge in [0.1, 0.15) is 0 Å². The van der Waals surface area contributed by atoms with E-state index in [0.29, 0.717) is 5.92 Å². The van der Waals surface area contributed by atoms with Crippen molar-refractivity contribution in [1.29, 1.82) is 0 Å². The van der Waals surface area contributed by atoms with Crippen molar-refractivity contribution in [3.8, 4) is 10.4 Å². The molecule has 0 radical (unpaired) electrons. The van der Waals surface area contributed by atoms with Crippen molar-refractivity contribution in [3.05, 3.63) is 93.0 Å². The number of thiophene rings is 1. The molecule has 1 aliphatic carbocycles. The lowest BCUT2D eigenvalue weighted by molar-refractivity contribution is 1.02. The fraction of sp³-hybridized carbons (Fsp3) is 0.231. The average molecular weight is 369 g/mol. The van der Waals surface area contributed by atoms with Gasteiger partial charge in [0, 0.05) is 15.5 Å². The molecule has 4 aromatic rings. The van der Waals surface area contributed by atoms with Crippen LogP contribution in [0.25, 0.3) is 20.5 Å². The quantitative estimate of drug-likeness (QED) is 0.286. The molecule has 134 valence electrons. The highest BCUT2D eigenvalue weighted by molar-refractivity contribution is 7.22. The zero-order chi connectivity index (χ0) is 18.9. The lowest BCUT2D eigenvalue weighted by Gasteiger charge is -2.18. The van der Waals surface area contributed by atoms with Crippen LogP contribution in [0, 0.1) is 34.6 Å². The minimum Gasteiger partial charge on any atom is -0.135 e. The third-order valence-corrected chi connectivity index (χ3v) is 7.50. The summed E-state index contributed by atoms with van der Waals surface area (Å²) in [7, 11) is 0. The Morgan fingerprint density at radius 2 is 1.44 bits per heavy atom. The SMILES string of the molecule is Cc1ccc(C2c3cc(C)c(C)c(C)c3-c3sc4cc(C)ccc4c32)cc1. The molecule has 1 unspecified atom stereocenters. The summed E-state index contributed by atoms with van der Waals surface area (Å²) >= 11 is 1.97. The van der Waals surface area contributed by atoms with Crippen molar-refractivity contribution in [2.24, 2.45) is 0 Å². The van der Waals surface area contributed by atoms with Crippen LogP contribution in [-0.4, -0.2) is 0 Å². The van der Waals surface area contributed by atoms with Crippen molar-refractivity contribution < 1.29 is 0 Å². The Bertz CT molecular complexity index is 1210. The monoisotopic (exact) mass is 368 g/mol. The maximum absolute atomic E-state index is 2.44. The van der Waals surface area contributed by atoms with Crippen molar-refractivity contribution in [2.45, 2.75) is 40.5 Å². The molecular formula is C26H24S. The lowest BCUT2D eigenvalue weighted by Crippen LogP contribution is -2.01. The van der Waals surface area contributed by atoms with Gasteiger partial charge >= 0.3 is 0 Å². The van der Waals surface area contributed by atoms with Crippen LogP contribution in [-0.2, 0) is 0 Å². The summed E-state index contributed by atoms with van der Waals surface area (Å²) in [6.07, 6.45) is 0. The first-order valence-corrected chi connectivity index (χ1v) is 10.5. The van der Waals surface area contributed by atoms with E-state index in [1.165, 1.54) is 65.0 Å². The number of hydrogen-bond acceptors (Lipinski definition) is 1. The fourth-order valence-electron chi connectivity index (χ4n) is 4.60. The Hall–Kier alpha value is -2.38. The second-order valence-electron chi connectivity index (χ2n) is 8.10. The van der Waals surface area contributed by atoms with Gasteiger partial charge < -0.3 is 0 Å². The van der Waals surface area contributed by atoms with E-state index in [9.17, 15) is 0 Å². The van der Waals surface area contributed by atoms with Crippen LogP contribution in [0.5, 0.6) is 0 Å². The first kappa shape index (κ1) is 16.8. The van der Waals surface area contributed by atoms with E-state index < -0.39 is 0 Å². The molecule has 0 bridgehead atoms. The predicted molar refractivity (Wildman–Crippen MR) is 118 cm³/mol. The third-order valence-electron chi connectivity index (χ3n) is 6.31. The van der Waals surface area contributed by atoms with Crippen LogP contribution in [0.2, 0.25) is 0 Å². The van der Waals surface area contributed by atoms with E-state index in [0.717, 1.165) is 0 Å². The standard InChI is InChI=1S/C26H24S/c1-14-6-9-19(10-7-14)24-21-13-16(3)17(4)18(5)23(21)26-25(24)20-11-8-15(2)12-22(20)27-26/h6-13,24H,1-5H3. The summed E-state index contributed by atoms with van der Waals surface area (Å²) in [5.41, 5.74) is 12.8. The van der Waals surface area contributed by atoms with Crippen molar-refractivity contribution >= 4 is 21.4 Å². The van der Waals surface area contributed by atoms with Crippen LogP contribution in [0.1, 0.15) is 50.4 Å². The molecule has 0 fully saturated rings. The molecule has 0 spiro atoms. The lowest BCUT2D eigenvalue weighted by atomic mass is 9.86. The van der Waals surface area contributed by atoms with Gasteiger partial charge in [-0.2, -0.15) is 0 Å². The Balaban J connectivity index is 1.90. The minimum atomic E-state index is 0.338. The van der Waals surface area contributed by atoms with Crippen molar-refractivity contribution in [1.82, 2.24) is 0 Å². The molecule has 1 aliphatic rings. The Morgan fingerprint density at radius 1 is 0.741 bits per heavy atom. The molecular weight excluding hydrogens is 344 g/mol. The highest BCUT2D eigenvalue weighted by Crippen LogP contribution is 2.56. The van der Waals surface area contributed by atoms with Gasteiger partial charge in [-0.1, -0.05) is 48.0 Å². The zero-order valence-corrected chi connectivity index (χ0v) is 17.4. The highest BCUT2D eigenvalue weighted by atomic mass is 32.1. The molecule has 0 aliphatic heterocycles. The Labute approximate surface area is 165 Å². The summed E-state index contributed by atoms with van der Waals surface area (Å²) in [5.74, 6) is 0.338. The second-order valence-corrected chi connectivity index (χ2v) is 9.15. The van der Waals surface area contributed by atoms with Gasteiger partial charge in [-0.3, -0.25) is 0 Å². The van der Waals surface area contributed by atoms with Gasteiger partial charge in [0.2, 0.25) is 0 Å². The van der Waals surface area contributed by atoms with E-state index in [1.54, 1.807) is 0 Å². The summed E-state index contributed by atoms with van der Waals surface area (Å²) in [6, 6.07) is 18.5. The molecule has 0 saturated heterocycles. The van der Waals surface area contributed by atoms with Gasteiger partial charge in [-0.25, -0.2) is 0 Å². The molecule has 1 heterocycles. The topological polar surface area (TPSA) is 0 Å². The minimum absolute atomic E-state index is 0.338. The van der Waals surface area contributed by atoms with E-state index in [1.807, 2.05) is 11.3 Å². The number of fused-ring (bicyclic) bond motifs is 5. The maximum atomic E-state index is 2.44. The highest BCUT2D eigenvalue weighted by Gasteiger charge is 2.35. The number of hydrogen-bond donors (Lipinski definition) is 0. The molecule has 0 amide bonds. The summed E-state index contributed by atoms with van der Waals surface area (Å²) in [4.78, 5) is 1.48. The van der Waals surface area contributed by atoms with Gasteiger partial charge in [0.15, 0.2) is 0 Å². The van der Waals surface area contributed by atoms with Gasteiger partial charge in [-0.15, -0.1) is 11.3 Å². The van der Waals surface area contributed by atoms with E-state index >= 15 is 0 Å². The predicted octanol–water partition coefficient (Wildman–Crippen LogP) is 7.60. The van der Waals surface area contributed by atoms with Gasteiger partial charge in [0.25, 0.3) is 0 Å². The summed E-state index contributed by atoms with van der Waals surface area (Å²) in [6.45, 7) is 11.2. The van der Waals surface area contributed by atoms with Crippen molar-refractivity contribution in [2.75, 3.05) is 0 Å². The number of rotatable bonds is 1. The molecule has 0 nitrogen and oxygen atoms in total. The first-order valence-electron chi connectivity index (χ1n) is 9.66. The second kappa shape index (κ2) is 5.81. The van der Waals surface area contributed by atoms with Crippen LogP contribution < -0.4 is 0 Å². The van der Waals surface area contributed by atoms with E-state index in [2.05, 4.69) is 83.1 Å². The normalized spacial score (nSPS) is 15.2. The number of benzene rings is 3. The molecule has 1 aromatic heterocycles. The van der Waals surface area contributed by atoms with Crippen LogP contribution >= 0.6 is 11.3 Å². The molecule has 0 N–H and O–H groups in total. The molecule has 1 heteroatoms. The molecule has 27 heavy (non-hydrogen) atoms. The fourth-order valence-corrected chi connectivity index (χ4v) is 6.06. The zero-order valence-electron chi connectivity index (χ0n) is 16.6. The van der Waals surface area contributed by atoms with Gasteiger partial charge in [-0.05, 0) is 90.6 Å². The maximum Gasteiger partial charge on any atom is 0.0402 e. The smallest absolute Gasteiger partial charge is 0.0402 e.